The molecular formula is C15H27NS. The average molecular weight is 253 g/mol. The first-order valence-corrected chi connectivity index (χ1v) is 8.04. The first-order chi connectivity index (χ1) is 8.34. The van der Waals surface area contributed by atoms with Crippen LogP contribution in [0.4, 0.5) is 0 Å². The zero-order chi connectivity index (χ0) is 12.3. The Morgan fingerprint density at radius 1 is 1.12 bits per heavy atom. The Hall–Kier alpha value is -0.340. The maximum absolute atomic E-state index is 3.59. The van der Waals surface area contributed by atoms with Crippen LogP contribution in [0, 0.1) is 0 Å². The monoisotopic (exact) mass is 253 g/mol. The van der Waals surface area contributed by atoms with Crippen molar-refractivity contribution in [2.24, 2.45) is 0 Å². The van der Waals surface area contributed by atoms with Crippen LogP contribution >= 0.6 is 11.3 Å². The summed E-state index contributed by atoms with van der Waals surface area (Å²) >= 11 is 1.78. The fourth-order valence-electron chi connectivity index (χ4n) is 2.04. The van der Waals surface area contributed by atoms with Crippen LogP contribution < -0.4 is 5.32 Å². The maximum atomic E-state index is 3.59. The fraction of sp³-hybridized carbons (Fsp3) is 0.733. The Morgan fingerprint density at radius 3 is 2.47 bits per heavy atom. The lowest BCUT2D eigenvalue weighted by Crippen LogP contribution is -2.19. The van der Waals surface area contributed by atoms with Gasteiger partial charge in [-0.1, -0.05) is 45.4 Å². The quantitative estimate of drug-likeness (QED) is 0.569. The summed E-state index contributed by atoms with van der Waals surface area (Å²) in [6.45, 7) is 5.68. The number of unbranched alkanes of at least 4 members (excludes halogenated alkanes) is 6. The summed E-state index contributed by atoms with van der Waals surface area (Å²) in [4.78, 5) is 0. The highest BCUT2D eigenvalue weighted by atomic mass is 32.1. The van der Waals surface area contributed by atoms with Gasteiger partial charge >= 0.3 is 0 Å². The second kappa shape index (κ2) is 9.67. The molecule has 0 saturated heterocycles. The van der Waals surface area contributed by atoms with Crippen molar-refractivity contribution in [3.05, 3.63) is 22.4 Å². The minimum atomic E-state index is 0.515. The predicted octanol–water partition coefficient (Wildman–Crippen LogP) is 5.15. The van der Waals surface area contributed by atoms with Gasteiger partial charge in [-0.25, -0.2) is 0 Å². The van der Waals surface area contributed by atoms with Crippen molar-refractivity contribution in [2.75, 3.05) is 6.54 Å². The first-order valence-electron chi connectivity index (χ1n) is 7.10. The van der Waals surface area contributed by atoms with E-state index in [9.17, 15) is 0 Å². The van der Waals surface area contributed by atoms with Gasteiger partial charge in [-0.3, -0.25) is 0 Å². The summed E-state index contributed by atoms with van der Waals surface area (Å²) in [5.74, 6) is 0. The smallest absolute Gasteiger partial charge is 0.0300 e. The van der Waals surface area contributed by atoms with Crippen LogP contribution in [0.5, 0.6) is 0 Å². The molecule has 1 nitrogen and oxygen atoms in total. The third kappa shape index (κ3) is 6.85. The van der Waals surface area contributed by atoms with Crippen molar-refractivity contribution in [1.29, 1.82) is 0 Å². The molecule has 1 rings (SSSR count). The molecule has 0 radical (unpaired) electrons. The zero-order valence-electron chi connectivity index (χ0n) is 11.4. The van der Waals surface area contributed by atoms with E-state index in [1.807, 2.05) is 0 Å². The van der Waals surface area contributed by atoms with E-state index < -0.39 is 0 Å². The van der Waals surface area contributed by atoms with Crippen LogP contribution in [0.25, 0.3) is 0 Å². The Labute approximate surface area is 111 Å². The molecule has 1 N–H and O–H groups in total. The molecule has 1 unspecified atom stereocenters. The first kappa shape index (κ1) is 14.7. The Kier molecular flexibility index (Phi) is 8.37. The highest BCUT2D eigenvalue weighted by molar-refractivity contribution is 7.07. The number of rotatable bonds is 10. The average Bonchev–Trinajstić information content (AvgIpc) is 2.86. The van der Waals surface area contributed by atoms with Crippen molar-refractivity contribution >= 4 is 11.3 Å². The zero-order valence-corrected chi connectivity index (χ0v) is 12.2. The van der Waals surface area contributed by atoms with Gasteiger partial charge in [0.2, 0.25) is 0 Å². The van der Waals surface area contributed by atoms with E-state index in [-0.39, 0.29) is 0 Å². The van der Waals surface area contributed by atoms with E-state index in [1.54, 1.807) is 11.3 Å². The van der Waals surface area contributed by atoms with Gasteiger partial charge in [0, 0.05) is 6.04 Å². The molecule has 17 heavy (non-hydrogen) atoms. The van der Waals surface area contributed by atoms with E-state index in [1.165, 1.54) is 50.5 Å². The second-order valence-corrected chi connectivity index (χ2v) is 5.63. The molecule has 1 heterocycles. The van der Waals surface area contributed by atoms with Gasteiger partial charge in [-0.05, 0) is 42.3 Å². The third-order valence-corrected chi connectivity index (χ3v) is 3.98. The summed E-state index contributed by atoms with van der Waals surface area (Å²) in [6.07, 6.45) is 9.72. The normalized spacial score (nSPS) is 12.8. The van der Waals surface area contributed by atoms with Gasteiger partial charge in [0.25, 0.3) is 0 Å². The summed E-state index contributed by atoms with van der Waals surface area (Å²) in [5, 5.41) is 7.99. The van der Waals surface area contributed by atoms with Gasteiger partial charge in [-0.15, -0.1) is 0 Å². The molecule has 1 aromatic heterocycles. The molecule has 98 valence electrons. The number of nitrogens with one attached hydrogen (secondary N) is 1. The summed E-state index contributed by atoms with van der Waals surface area (Å²) in [7, 11) is 0. The van der Waals surface area contributed by atoms with Crippen LogP contribution in [-0.2, 0) is 0 Å². The Morgan fingerprint density at radius 2 is 1.82 bits per heavy atom. The number of thiophene rings is 1. The highest BCUT2D eigenvalue weighted by Crippen LogP contribution is 2.15. The minimum absolute atomic E-state index is 0.515. The van der Waals surface area contributed by atoms with Crippen LogP contribution in [0.3, 0.4) is 0 Å². The summed E-state index contributed by atoms with van der Waals surface area (Å²) < 4.78 is 0. The van der Waals surface area contributed by atoms with Crippen molar-refractivity contribution in [2.45, 2.75) is 64.8 Å². The standard InChI is InChI=1S/C15H27NS/c1-3-4-5-6-7-8-9-11-16-14(2)15-10-12-17-13-15/h10,12-14,16H,3-9,11H2,1-2H3. The molecule has 0 aliphatic heterocycles. The van der Waals surface area contributed by atoms with Crippen molar-refractivity contribution < 1.29 is 0 Å². The molecule has 1 aromatic rings. The summed E-state index contributed by atoms with van der Waals surface area (Å²) in [5.41, 5.74) is 1.43. The SMILES string of the molecule is CCCCCCCCCNC(C)c1ccsc1. The minimum Gasteiger partial charge on any atom is -0.310 e. The molecule has 1 atom stereocenters. The van der Waals surface area contributed by atoms with Gasteiger partial charge in [0.15, 0.2) is 0 Å². The molecule has 0 amide bonds. The molecule has 0 aliphatic carbocycles. The molecule has 0 aliphatic rings. The maximum Gasteiger partial charge on any atom is 0.0300 e. The molecular weight excluding hydrogens is 226 g/mol. The van der Waals surface area contributed by atoms with Gasteiger partial charge in [-0.2, -0.15) is 11.3 Å². The topological polar surface area (TPSA) is 12.0 Å². The van der Waals surface area contributed by atoms with Crippen molar-refractivity contribution in [3.8, 4) is 0 Å². The lowest BCUT2D eigenvalue weighted by atomic mass is 10.1. The lowest BCUT2D eigenvalue weighted by molar-refractivity contribution is 0.525. The number of hydrogen-bond donors (Lipinski definition) is 1. The molecule has 2 heteroatoms. The van der Waals surface area contributed by atoms with Crippen LogP contribution in [-0.4, -0.2) is 6.54 Å². The van der Waals surface area contributed by atoms with Gasteiger partial charge < -0.3 is 5.32 Å². The molecule has 0 fully saturated rings. The highest BCUT2D eigenvalue weighted by Gasteiger charge is 2.03. The van der Waals surface area contributed by atoms with E-state index in [0.29, 0.717) is 6.04 Å². The fourth-order valence-corrected chi connectivity index (χ4v) is 2.79. The van der Waals surface area contributed by atoms with E-state index >= 15 is 0 Å². The van der Waals surface area contributed by atoms with Crippen molar-refractivity contribution in [1.82, 2.24) is 5.32 Å². The number of hydrogen-bond acceptors (Lipinski definition) is 2. The third-order valence-electron chi connectivity index (χ3n) is 3.27. The van der Waals surface area contributed by atoms with Crippen molar-refractivity contribution in [3.63, 3.8) is 0 Å². The molecule has 0 bridgehead atoms. The van der Waals surface area contributed by atoms with Crippen LogP contribution in [0.2, 0.25) is 0 Å². The molecule has 0 aromatic carbocycles. The predicted molar refractivity (Wildman–Crippen MR) is 78.7 cm³/mol. The van der Waals surface area contributed by atoms with E-state index in [2.05, 4.69) is 36.0 Å². The lowest BCUT2D eigenvalue weighted by Gasteiger charge is -2.12. The second-order valence-electron chi connectivity index (χ2n) is 4.85. The Bertz CT molecular complexity index is 256. The summed E-state index contributed by atoms with van der Waals surface area (Å²) in [6, 6.07) is 2.73. The molecule has 0 spiro atoms. The van der Waals surface area contributed by atoms with Crippen LogP contribution in [0.15, 0.2) is 16.8 Å². The van der Waals surface area contributed by atoms with E-state index in [4.69, 9.17) is 0 Å². The largest absolute Gasteiger partial charge is 0.310 e. The van der Waals surface area contributed by atoms with Gasteiger partial charge in [0.1, 0.15) is 0 Å². The van der Waals surface area contributed by atoms with Crippen LogP contribution in [0.1, 0.15) is 70.4 Å². The van der Waals surface area contributed by atoms with Gasteiger partial charge in [0.05, 0.1) is 0 Å². The van der Waals surface area contributed by atoms with E-state index in [0.717, 1.165) is 6.54 Å². The molecule has 0 saturated carbocycles. The Balaban J connectivity index is 1.90.